The Morgan fingerprint density at radius 1 is 1.31 bits per heavy atom. The summed E-state index contributed by atoms with van der Waals surface area (Å²) in [6.07, 6.45) is 2.30. The summed E-state index contributed by atoms with van der Waals surface area (Å²) in [4.78, 5) is 15.4. The van der Waals surface area contributed by atoms with Crippen molar-refractivity contribution in [3.63, 3.8) is 0 Å². The van der Waals surface area contributed by atoms with E-state index in [0.717, 1.165) is 25.9 Å². The van der Waals surface area contributed by atoms with Crippen LogP contribution in [0.15, 0.2) is 0 Å². The van der Waals surface area contributed by atoms with E-state index >= 15 is 0 Å². The molecule has 0 aliphatic carbocycles. The molecule has 2 rings (SSSR count). The summed E-state index contributed by atoms with van der Waals surface area (Å²) in [6.45, 7) is 3.28. The van der Waals surface area contributed by atoms with Gasteiger partial charge in [0.25, 0.3) is 0 Å². The standard InChI is InChI=1S/C9H16N2O2/c1-10-6-9(7-10,8(12)13)11-4-2-3-5-11/h2-7H2,1H3,(H,12,13). The first-order valence-electron chi connectivity index (χ1n) is 4.82. The molecule has 0 amide bonds. The minimum absolute atomic E-state index is 0.550. The number of carbonyl (C=O) groups is 1. The predicted molar refractivity (Wildman–Crippen MR) is 48.7 cm³/mol. The highest BCUT2D eigenvalue weighted by Gasteiger charge is 2.52. The van der Waals surface area contributed by atoms with Gasteiger partial charge in [-0.1, -0.05) is 0 Å². The maximum atomic E-state index is 11.2. The summed E-state index contributed by atoms with van der Waals surface area (Å²) in [5.74, 6) is -0.646. The molecular weight excluding hydrogens is 168 g/mol. The summed E-state index contributed by atoms with van der Waals surface area (Å²) in [5.41, 5.74) is -0.550. The van der Waals surface area contributed by atoms with Crippen LogP contribution in [0.2, 0.25) is 0 Å². The summed E-state index contributed by atoms with van der Waals surface area (Å²) in [5, 5.41) is 9.19. The zero-order valence-corrected chi connectivity index (χ0v) is 7.99. The maximum absolute atomic E-state index is 11.2. The van der Waals surface area contributed by atoms with Gasteiger partial charge in [-0.2, -0.15) is 0 Å². The average Bonchev–Trinajstić information content (AvgIpc) is 2.49. The molecule has 0 aromatic heterocycles. The highest BCUT2D eigenvalue weighted by molar-refractivity contribution is 5.81. The number of nitrogens with zero attached hydrogens (tertiary/aromatic N) is 2. The average molecular weight is 184 g/mol. The van der Waals surface area contributed by atoms with E-state index in [1.54, 1.807) is 0 Å². The van der Waals surface area contributed by atoms with E-state index in [0.29, 0.717) is 13.1 Å². The largest absolute Gasteiger partial charge is 0.480 e. The van der Waals surface area contributed by atoms with E-state index in [2.05, 4.69) is 9.80 Å². The summed E-state index contributed by atoms with van der Waals surface area (Å²) in [7, 11) is 1.97. The second-order valence-corrected chi connectivity index (χ2v) is 4.20. The van der Waals surface area contributed by atoms with Crippen LogP contribution < -0.4 is 0 Å². The highest BCUT2D eigenvalue weighted by Crippen LogP contribution is 2.30. The number of hydrogen-bond acceptors (Lipinski definition) is 3. The third-order valence-corrected chi connectivity index (χ3v) is 3.17. The lowest BCUT2D eigenvalue weighted by Gasteiger charge is -2.50. The van der Waals surface area contributed by atoms with Crippen molar-refractivity contribution in [2.45, 2.75) is 18.4 Å². The number of likely N-dealkylation sites (tertiary alicyclic amines) is 2. The molecule has 0 saturated carbocycles. The van der Waals surface area contributed by atoms with E-state index in [1.165, 1.54) is 0 Å². The number of aliphatic carboxylic acids is 1. The molecule has 0 unspecified atom stereocenters. The molecule has 0 bridgehead atoms. The number of likely N-dealkylation sites (N-methyl/N-ethyl adjacent to an activating group) is 1. The molecule has 0 radical (unpaired) electrons. The van der Waals surface area contributed by atoms with E-state index in [9.17, 15) is 9.90 Å². The molecule has 13 heavy (non-hydrogen) atoms. The van der Waals surface area contributed by atoms with Gasteiger partial charge < -0.3 is 10.0 Å². The van der Waals surface area contributed by atoms with Gasteiger partial charge in [-0.3, -0.25) is 9.69 Å². The zero-order valence-electron chi connectivity index (χ0n) is 7.99. The first kappa shape index (κ1) is 8.97. The molecular formula is C9H16N2O2. The Balaban J connectivity index is 2.10. The number of hydrogen-bond donors (Lipinski definition) is 1. The maximum Gasteiger partial charge on any atom is 0.326 e. The molecule has 0 spiro atoms. The van der Waals surface area contributed by atoms with Crippen LogP contribution in [0.4, 0.5) is 0 Å². The van der Waals surface area contributed by atoms with Crippen LogP contribution in [0, 0.1) is 0 Å². The molecule has 1 N–H and O–H groups in total. The Bertz CT molecular complexity index is 218. The summed E-state index contributed by atoms with van der Waals surface area (Å²) >= 11 is 0. The van der Waals surface area contributed by atoms with Crippen molar-refractivity contribution in [3.8, 4) is 0 Å². The van der Waals surface area contributed by atoms with Gasteiger partial charge in [0.2, 0.25) is 0 Å². The van der Waals surface area contributed by atoms with E-state index in [-0.39, 0.29) is 0 Å². The fraction of sp³-hybridized carbons (Fsp3) is 0.889. The van der Waals surface area contributed by atoms with Gasteiger partial charge in [0, 0.05) is 13.1 Å². The van der Waals surface area contributed by atoms with Crippen LogP contribution in [0.5, 0.6) is 0 Å². The summed E-state index contributed by atoms with van der Waals surface area (Å²) < 4.78 is 0. The monoisotopic (exact) mass is 184 g/mol. The second-order valence-electron chi connectivity index (χ2n) is 4.20. The molecule has 0 aromatic rings. The Hall–Kier alpha value is -0.610. The minimum atomic E-state index is -0.646. The van der Waals surface area contributed by atoms with E-state index in [4.69, 9.17) is 0 Å². The lowest BCUT2D eigenvalue weighted by molar-refractivity contribution is -0.162. The van der Waals surface area contributed by atoms with E-state index < -0.39 is 11.5 Å². The van der Waals surface area contributed by atoms with Gasteiger partial charge in [-0.25, -0.2) is 0 Å². The van der Waals surface area contributed by atoms with Crippen molar-refractivity contribution in [1.82, 2.24) is 9.80 Å². The van der Waals surface area contributed by atoms with Crippen molar-refractivity contribution >= 4 is 5.97 Å². The third kappa shape index (κ3) is 1.25. The first-order valence-corrected chi connectivity index (χ1v) is 4.82. The van der Waals surface area contributed by atoms with Crippen LogP contribution in [-0.4, -0.2) is 59.6 Å². The Morgan fingerprint density at radius 3 is 2.23 bits per heavy atom. The Morgan fingerprint density at radius 2 is 1.85 bits per heavy atom. The number of carboxylic acid groups (broad SMARTS) is 1. The normalized spacial score (nSPS) is 28.7. The fourth-order valence-corrected chi connectivity index (χ4v) is 2.46. The van der Waals surface area contributed by atoms with Gasteiger partial charge in [-0.15, -0.1) is 0 Å². The molecule has 2 aliphatic heterocycles. The molecule has 2 aliphatic rings. The van der Waals surface area contributed by atoms with Crippen molar-refractivity contribution in [2.75, 3.05) is 33.2 Å². The SMILES string of the molecule is CN1CC(C(=O)O)(N2CCCC2)C1. The van der Waals surface area contributed by atoms with Crippen LogP contribution in [0.25, 0.3) is 0 Å². The van der Waals surface area contributed by atoms with Gasteiger partial charge in [-0.05, 0) is 33.0 Å². The second kappa shape index (κ2) is 2.96. The molecule has 2 heterocycles. The number of rotatable bonds is 2. The molecule has 4 heteroatoms. The molecule has 0 atom stereocenters. The molecule has 0 aromatic carbocycles. The Labute approximate surface area is 78.1 Å². The summed E-state index contributed by atoms with van der Waals surface area (Å²) in [6, 6.07) is 0. The van der Waals surface area contributed by atoms with Crippen LogP contribution in [0.3, 0.4) is 0 Å². The first-order chi connectivity index (χ1) is 6.15. The fourth-order valence-electron chi connectivity index (χ4n) is 2.46. The smallest absolute Gasteiger partial charge is 0.326 e. The zero-order chi connectivity index (χ0) is 9.47. The predicted octanol–water partition coefficient (Wildman–Crippen LogP) is -0.149. The lowest BCUT2D eigenvalue weighted by Crippen LogP contribution is -2.72. The van der Waals surface area contributed by atoms with Crippen molar-refractivity contribution in [2.24, 2.45) is 0 Å². The molecule has 4 nitrogen and oxygen atoms in total. The van der Waals surface area contributed by atoms with Gasteiger partial charge in [0.05, 0.1) is 0 Å². The number of carboxylic acids is 1. The molecule has 2 saturated heterocycles. The highest BCUT2D eigenvalue weighted by atomic mass is 16.4. The van der Waals surface area contributed by atoms with Crippen LogP contribution in [0.1, 0.15) is 12.8 Å². The van der Waals surface area contributed by atoms with Crippen molar-refractivity contribution in [3.05, 3.63) is 0 Å². The van der Waals surface area contributed by atoms with Crippen molar-refractivity contribution in [1.29, 1.82) is 0 Å². The Kier molecular flexibility index (Phi) is 2.04. The lowest BCUT2D eigenvalue weighted by atomic mass is 9.88. The minimum Gasteiger partial charge on any atom is -0.480 e. The van der Waals surface area contributed by atoms with Gasteiger partial charge >= 0.3 is 5.97 Å². The third-order valence-electron chi connectivity index (χ3n) is 3.17. The topological polar surface area (TPSA) is 43.8 Å². The molecule has 74 valence electrons. The van der Waals surface area contributed by atoms with Gasteiger partial charge in [0.15, 0.2) is 0 Å². The van der Waals surface area contributed by atoms with Crippen LogP contribution >= 0.6 is 0 Å². The quantitative estimate of drug-likeness (QED) is 0.648. The van der Waals surface area contributed by atoms with Crippen molar-refractivity contribution < 1.29 is 9.90 Å². The van der Waals surface area contributed by atoms with Gasteiger partial charge in [0.1, 0.15) is 5.54 Å². The van der Waals surface area contributed by atoms with E-state index in [1.807, 2.05) is 7.05 Å². The molecule has 2 fully saturated rings. The van der Waals surface area contributed by atoms with Crippen LogP contribution in [-0.2, 0) is 4.79 Å².